The predicted molar refractivity (Wildman–Crippen MR) is 109 cm³/mol. The molecular weight excluding hydrogens is 358 g/mol. The number of ether oxygens (including phenoxy) is 1. The Morgan fingerprint density at radius 3 is 2.67 bits per heavy atom. The molecule has 1 amide bonds. The van der Waals surface area contributed by atoms with E-state index in [1.807, 2.05) is 30.3 Å². The minimum absolute atomic E-state index is 0.319. The minimum atomic E-state index is -0.842. The maximum absolute atomic E-state index is 12.5. The van der Waals surface area contributed by atoms with Gasteiger partial charge in [0.1, 0.15) is 4.88 Å². The van der Waals surface area contributed by atoms with Gasteiger partial charge >= 0.3 is 5.97 Å². The SMILES string of the molecule is CCc1ccc(NC(=O)[C@@H](C)OC(=O)c2cc3c(s2)CC[C@H](CC)C3)cc1. The summed E-state index contributed by atoms with van der Waals surface area (Å²) in [6.07, 6.45) is 4.55. The van der Waals surface area contributed by atoms with Crippen molar-refractivity contribution < 1.29 is 14.3 Å². The molecular formula is C22H27NO3S. The summed E-state index contributed by atoms with van der Waals surface area (Å²) in [6, 6.07) is 9.64. The Hall–Kier alpha value is -2.14. The van der Waals surface area contributed by atoms with Gasteiger partial charge in [-0.05, 0) is 67.9 Å². The van der Waals surface area contributed by atoms with Crippen molar-refractivity contribution in [1.29, 1.82) is 0 Å². The van der Waals surface area contributed by atoms with Crippen LogP contribution in [0.3, 0.4) is 0 Å². The summed E-state index contributed by atoms with van der Waals surface area (Å²) in [5.74, 6) is -0.0221. The number of hydrogen-bond donors (Lipinski definition) is 1. The number of thiophene rings is 1. The van der Waals surface area contributed by atoms with Crippen molar-refractivity contribution in [3.05, 3.63) is 51.2 Å². The number of nitrogens with one attached hydrogen (secondary N) is 1. The van der Waals surface area contributed by atoms with Gasteiger partial charge in [0.25, 0.3) is 5.91 Å². The van der Waals surface area contributed by atoms with Crippen LogP contribution in [-0.4, -0.2) is 18.0 Å². The first kappa shape index (κ1) is 19.6. The zero-order valence-corrected chi connectivity index (χ0v) is 17.0. The largest absolute Gasteiger partial charge is 0.448 e. The summed E-state index contributed by atoms with van der Waals surface area (Å²) < 4.78 is 5.41. The number of carbonyl (C=O) groups excluding carboxylic acids is 2. The molecule has 1 N–H and O–H groups in total. The molecule has 4 nitrogen and oxygen atoms in total. The van der Waals surface area contributed by atoms with E-state index in [1.54, 1.807) is 6.92 Å². The number of amides is 1. The molecule has 1 aliphatic carbocycles. The first-order valence-electron chi connectivity index (χ1n) is 9.72. The van der Waals surface area contributed by atoms with E-state index in [2.05, 4.69) is 19.2 Å². The molecule has 144 valence electrons. The Morgan fingerprint density at radius 2 is 2.00 bits per heavy atom. The van der Waals surface area contributed by atoms with E-state index in [1.165, 1.54) is 40.2 Å². The number of carbonyl (C=O) groups is 2. The smallest absolute Gasteiger partial charge is 0.349 e. The second kappa shape index (κ2) is 8.70. The van der Waals surface area contributed by atoms with Crippen molar-refractivity contribution in [2.45, 2.75) is 59.0 Å². The number of rotatable bonds is 6. The van der Waals surface area contributed by atoms with Crippen molar-refractivity contribution in [2.24, 2.45) is 5.92 Å². The fourth-order valence-electron chi connectivity index (χ4n) is 3.39. The van der Waals surface area contributed by atoms with Gasteiger partial charge in [-0.15, -0.1) is 11.3 Å². The normalized spacial score (nSPS) is 17.1. The van der Waals surface area contributed by atoms with Crippen LogP contribution in [-0.2, 0) is 28.8 Å². The van der Waals surface area contributed by atoms with Gasteiger partial charge in [0.2, 0.25) is 0 Å². The van der Waals surface area contributed by atoms with Crippen molar-refractivity contribution in [1.82, 2.24) is 0 Å². The molecule has 0 bridgehead atoms. The molecule has 1 aromatic carbocycles. The van der Waals surface area contributed by atoms with E-state index >= 15 is 0 Å². The summed E-state index contributed by atoms with van der Waals surface area (Å²) in [6.45, 7) is 5.90. The van der Waals surface area contributed by atoms with Crippen molar-refractivity contribution in [3.63, 3.8) is 0 Å². The Labute approximate surface area is 164 Å². The molecule has 1 aliphatic rings. The number of aryl methyl sites for hydroxylation is 2. The third-order valence-electron chi connectivity index (χ3n) is 5.25. The molecule has 0 spiro atoms. The monoisotopic (exact) mass is 385 g/mol. The van der Waals surface area contributed by atoms with E-state index < -0.39 is 12.1 Å². The molecule has 3 rings (SSSR count). The lowest BCUT2D eigenvalue weighted by Crippen LogP contribution is -2.29. The van der Waals surface area contributed by atoms with Gasteiger partial charge in [0.05, 0.1) is 0 Å². The quantitative estimate of drug-likeness (QED) is 0.711. The number of fused-ring (bicyclic) bond motifs is 1. The number of hydrogen-bond acceptors (Lipinski definition) is 4. The van der Waals surface area contributed by atoms with Crippen molar-refractivity contribution in [3.8, 4) is 0 Å². The lowest BCUT2D eigenvalue weighted by atomic mass is 9.87. The van der Waals surface area contributed by atoms with Crippen LogP contribution in [0.5, 0.6) is 0 Å². The molecule has 0 radical (unpaired) electrons. The Bertz CT molecular complexity index is 809. The van der Waals surface area contributed by atoms with Gasteiger partial charge in [-0.1, -0.05) is 32.4 Å². The van der Waals surface area contributed by atoms with E-state index in [9.17, 15) is 9.59 Å². The van der Waals surface area contributed by atoms with Crippen LogP contribution in [0.15, 0.2) is 30.3 Å². The van der Waals surface area contributed by atoms with Crippen LogP contribution in [0, 0.1) is 5.92 Å². The summed E-state index contributed by atoms with van der Waals surface area (Å²) in [7, 11) is 0. The van der Waals surface area contributed by atoms with Gasteiger partial charge in [-0.2, -0.15) is 0 Å². The van der Waals surface area contributed by atoms with Gasteiger partial charge in [-0.3, -0.25) is 4.79 Å². The first-order chi connectivity index (χ1) is 13.0. The minimum Gasteiger partial charge on any atom is -0.448 e. The summed E-state index contributed by atoms with van der Waals surface area (Å²) in [5.41, 5.74) is 3.19. The molecule has 0 saturated carbocycles. The van der Waals surface area contributed by atoms with Crippen LogP contribution < -0.4 is 5.32 Å². The second-order valence-corrected chi connectivity index (χ2v) is 8.30. The molecule has 27 heavy (non-hydrogen) atoms. The first-order valence-corrected chi connectivity index (χ1v) is 10.5. The predicted octanol–water partition coefficient (Wildman–Crippen LogP) is 5.01. The molecule has 1 heterocycles. The molecule has 0 fully saturated rings. The Morgan fingerprint density at radius 1 is 1.26 bits per heavy atom. The van der Waals surface area contributed by atoms with Crippen LogP contribution >= 0.6 is 11.3 Å². The molecule has 2 atom stereocenters. The number of anilines is 1. The lowest BCUT2D eigenvalue weighted by molar-refractivity contribution is -0.123. The van der Waals surface area contributed by atoms with E-state index in [0.29, 0.717) is 16.5 Å². The molecule has 5 heteroatoms. The lowest BCUT2D eigenvalue weighted by Gasteiger charge is -2.19. The average Bonchev–Trinajstić information content (AvgIpc) is 3.11. The third kappa shape index (κ3) is 4.78. The van der Waals surface area contributed by atoms with Crippen molar-refractivity contribution >= 4 is 28.9 Å². The van der Waals surface area contributed by atoms with Crippen LogP contribution in [0.4, 0.5) is 5.69 Å². The van der Waals surface area contributed by atoms with Crippen LogP contribution in [0.25, 0.3) is 0 Å². The summed E-state index contributed by atoms with van der Waals surface area (Å²) in [5, 5.41) is 2.80. The highest BCUT2D eigenvalue weighted by molar-refractivity contribution is 7.14. The van der Waals surface area contributed by atoms with Gasteiger partial charge in [0.15, 0.2) is 6.10 Å². The zero-order chi connectivity index (χ0) is 19.4. The van der Waals surface area contributed by atoms with E-state index in [0.717, 1.165) is 19.3 Å². The summed E-state index contributed by atoms with van der Waals surface area (Å²) in [4.78, 5) is 26.7. The highest BCUT2D eigenvalue weighted by Crippen LogP contribution is 2.34. The topological polar surface area (TPSA) is 55.4 Å². The van der Waals surface area contributed by atoms with Gasteiger partial charge < -0.3 is 10.1 Å². The van der Waals surface area contributed by atoms with Gasteiger partial charge in [-0.25, -0.2) is 4.79 Å². The van der Waals surface area contributed by atoms with E-state index in [4.69, 9.17) is 4.74 Å². The number of esters is 1. The highest BCUT2D eigenvalue weighted by Gasteiger charge is 2.25. The zero-order valence-electron chi connectivity index (χ0n) is 16.2. The van der Waals surface area contributed by atoms with Crippen molar-refractivity contribution in [2.75, 3.05) is 5.32 Å². The molecule has 2 aromatic rings. The maximum Gasteiger partial charge on any atom is 0.349 e. The number of benzene rings is 1. The van der Waals surface area contributed by atoms with Gasteiger partial charge in [0, 0.05) is 10.6 Å². The van der Waals surface area contributed by atoms with E-state index in [-0.39, 0.29) is 5.91 Å². The highest BCUT2D eigenvalue weighted by atomic mass is 32.1. The molecule has 0 aliphatic heterocycles. The fraction of sp³-hybridized carbons (Fsp3) is 0.455. The van der Waals surface area contributed by atoms with Crippen LogP contribution in [0.1, 0.15) is 59.3 Å². The molecule has 0 saturated heterocycles. The standard InChI is InChI=1S/C22H27NO3S/c1-4-15-6-9-18(10-7-15)23-21(24)14(3)26-22(25)20-13-17-12-16(5-2)8-11-19(17)27-20/h6-7,9-10,13-14,16H,4-5,8,11-12H2,1-3H3,(H,23,24)/t14-,16+/m1/s1. The molecule has 0 unspecified atom stereocenters. The Balaban J connectivity index is 1.58. The molecule has 1 aromatic heterocycles. The van der Waals surface area contributed by atoms with Crippen LogP contribution in [0.2, 0.25) is 0 Å². The summed E-state index contributed by atoms with van der Waals surface area (Å²) >= 11 is 1.51. The second-order valence-electron chi connectivity index (χ2n) is 7.16. The average molecular weight is 386 g/mol. The Kier molecular flexibility index (Phi) is 6.32. The maximum atomic E-state index is 12.5. The fourth-order valence-corrected chi connectivity index (χ4v) is 4.48. The third-order valence-corrected chi connectivity index (χ3v) is 6.46.